The molecule has 0 amide bonds. The number of carbonyl (C=O) groups is 1. The minimum Gasteiger partial charge on any atom is -0.464 e. The van der Waals surface area contributed by atoms with E-state index in [-0.39, 0.29) is 12.6 Å². The molecule has 0 saturated heterocycles. The van der Waals surface area contributed by atoms with E-state index in [1.54, 1.807) is 7.05 Å². The van der Waals surface area contributed by atoms with Gasteiger partial charge in [-0.3, -0.25) is 8.98 Å². The van der Waals surface area contributed by atoms with Gasteiger partial charge >= 0.3 is 5.97 Å². The van der Waals surface area contributed by atoms with Gasteiger partial charge in [-0.05, 0) is 0 Å². The van der Waals surface area contributed by atoms with Gasteiger partial charge in [0, 0.05) is 20.5 Å². The van der Waals surface area contributed by atoms with Crippen LogP contribution in [-0.4, -0.2) is 41.8 Å². The van der Waals surface area contributed by atoms with Gasteiger partial charge < -0.3 is 4.74 Å². The SMILES string of the molecule is COS(=O)N(C)CCOC(C)=O. The quantitative estimate of drug-likeness (QED) is 0.565. The highest BCUT2D eigenvalue weighted by atomic mass is 32.2. The third-order valence-corrected chi connectivity index (χ3v) is 2.09. The van der Waals surface area contributed by atoms with Crippen LogP contribution in [0.25, 0.3) is 0 Å². The molecule has 0 aromatic carbocycles. The summed E-state index contributed by atoms with van der Waals surface area (Å²) in [7, 11) is 2.96. The predicted octanol–water partition coefficient (Wildman–Crippen LogP) is -0.294. The highest BCUT2D eigenvalue weighted by Crippen LogP contribution is 1.91. The van der Waals surface area contributed by atoms with Gasteiger partial charge in [0.25, 0.3) is 0 Å². The second kappa shape index (κ2) is 6.10. The number of carbonyl (C=O) groups excluding carboxylic acids is 1. The highest BCUT2D eigenvalue weighted by molar-refractivity contribution is 7.77. The third kappa shape index (κ3) is 5.22. The molecule has 0 aliphatic carbocycles. The van der Waals surface area contributed by atoms with E-state index in [1.807, 2.05) is 0 Å². The number of esters is 1. The first-order chi connectivity index (χ1) is 5.57. The van der Waals surface area contributed by atoms with Gasteiger partial charge in [-0.25, -0.2) is 8.51 Å². The number of rotatable bonds is 5. The lowest BCUT2D eigenvalue weighted by atomic mass is 10.7. The van der Waals surface area contributed by atoms with Crippen molar-refractivity contribution in [2.24, 2.45) is 0 Å². The normalized spacial score (nSPS) is 13.0. The molecule has 72 valence electrons. The summed E-state index contributed by atoms with van der Waals surface area (Å²) in [6, 6.07) is 0. The van der Waals surface area contributed by atoms with E-state index in [2.05, 4.69) is 8.92 Å². The molecule has 0 rings (SSSR count). The van der Waals surface area contributed by atoms with Crippen LogP contribution in [0.15, 0.2) is 0 Å². The Morgan fingerprint density at radius 3 is 2.58 bits per heavy atom. The molecule has 0 bridgehead atoms. The van der Waals surface area contributed by atoms with Crippen molar-refractivity contribution in [3.8, 4) is 0 Å². The summed E-state index contributed by atoms with van der Waals surface area (Å²) in [6.45, 7) is 1.94. The number of hydrogen-bond acceptors (Lipinski definition) is 4. The van der Waals surface area contributed by atoms with E-state index < -0.39 is 11.3 Å². The molecule has 0 aromatic heterocycles. The van der Waals surface area contributed by atoms with Crippen molar-refractivity contribution in [3.05, 3.63) is 0 Å². The first kappa shape index (κ1) is 11.5. The topological polar surface area (TPSA) is 55.8 Å². The Balaban J connectivity index is 3.50. The fourth-order valence-electron chi connectivity index (χ4n) is 0.520. The summed E-state index contributed by atoms with van der Waals surface area (Å²) in [4.78, 5) is 10.3. The van der Waals surface area contributed by atoms with E-state index in [4.69, 9.17) is 0 Å². The molecule has 0 aliphatic heterocycles. The summed E-state index contributed by atoms with van der Waals surface area (Å²) < 4.78 is 21.5. The maximum absolute atomic E-state index is 10.9. The van der Waals surface area contributed by atoms with E-state index in [1.165, 1.54) is 18.3 Å². The Bertz CT molecular complexity index is 173. The van der Waals surface area contributed by atoms with Crippen molar-refractivity contribution < 1.29 is 17.9 Å². The number of nitrogens with zero attached hydrogens (tertiary/aromatic N) is 1. The maximum Gasteiger partial charge on any atom is 0.302 e. The predicted molar refractivity (Wildman–Crippen MR) is 44.4 cm³/mol. The molecule has 0 radical (unpaired) electrons. The minimum absolute atomic E-state index is 0.223. The Labute approximate surface area is 74.4 Å². The zero-order valence-corrected chi connectivity index (χ0v) is 8.22. The van der Waals surface area contributed by atoms with Crippen molar-refractivity contribution in [1.29, 1.82) is 0 Å². The van der Waals surface area contributed by atoms with Crippen molar-refractivity contribution in [2.75, 3.05) is 27.3 Å². The molecule has 1 atom stereocenters. The molecule has 5 nitrogen and oxygen atoms in total. The van der Waals surface area contributed by atoms with Gasteiger partial charge in [0.2, 0.25) is 11.3 Å². The number of ether oxygens (including phenoxy) is 1. The van der Waals surface area contributed by atoms with Crippen LogP contribution in [0.5, 0.6) is 0 Å². The van der Waals surface area contributed by atoms with Crippen LogP contribution < -0.4 is 0 Å². The molecule has 1 unspecified atom stereocenters. The van der Waals surface area contributed by atoms with Crippen LogP contribution in [0.3, 0.4) is 0 Å². The standard InChI is InChI=1S/C6H13NO4S/c1-6(8)11-5-4-7(2)12(9)10-3/h4-5H2,1-3H3. The molecule has 0 fully saturated rings. The van der Waals surface area contributed by atoms with E-state index in [0.29, 0.717) is 6.54 Å². The molecule has 6 heteroatoms. The van der Waals surface area contributed by atoms with Gasteiger partial charge in [-0.2, -0.15) is 0 Å². The molecule has 0 saturated carbocycles. The van der Waals surface area contributed by atoms with E-state index in [0.717, 1.165) is 0 Å². The summed E-state index contributed by atoms with van der Waals surface area (Å²) >= 11 is -1.44. The number of hydrogen-bond donors (Lipinski definition) is 0. The molecule has 0 heterocycles. The van der Waals surface area contributed by atoms with Crippen molar-refractivity contribution >= 4 is 17.2 Å². The van der Waals surface area contributed by atoms with Crippen LogP contribution in [0.4, 0.5) is 0 Å². The van der Waals surface area contributed by atoms with Gasteiger partial charge in [-0.15, -0.1) is 0 Å². The molecular formula is C6H13NO4S. The average molecular weight is 195 g/mol. The Kier molecular flexibility index (Phi) is 5.87. The van der Waals surface area contributed by atoms with Gasteiger partial charge in [0.15, 0.2) is 0 Å². The third-order valence-electron chi connectivity index (χ3n) is 1.11. The second-order valence-corrected chi connectivity index (χ2v) is 3.47. The first-order valence-corrected chi connectivity index (χ1v) is 4.42. The van der Waals surface area contributed by atoms with Gasteiger partial charge in [-0.1, -0.05) is 0 Å². The fraction of sp³-hybridized carbons (Fsp3) is 0.833. The van der Waals surface area contributed by atoms with Crippen LogP contribution in [-0.2, 0) is 25.0 Å². The summed E-state index contributed by atoms with van der Waals surface area (Å²) in [5.74, 6) is -0.341. The van der Waals surface area contributed by atoms with Crippen molar-refractivity contribution in [1.82, 2.24) is 4.31 Å². The van der Waals surface area contributed by atoms with Crippen LogP contribution >= 0.6 is 0 Å². The van der Waals surface area contributed by atoms with Gasteiger partial charge in [0.1, 0.15) is 6.61 Å². The van der Waals surface area contributed by atoms with Crippen molar-refractivity contribution in [3.63, 3.8) is 0 Å². The maximum atomic E-state index is 10.9. The zero-order valence-electron chi connectivity index (χ0n) is 7.40. The summed E-state index contributed by atoms with van der Waals surface area (Å²) in [5.41, 5.74) is 0. The van der Waals surface area contributed by atoms with E-state index in [9.17, 15) is 9.00 Å². The average Bonchev–Trinajstić information content (AvgIpc) is 2.02. The molecule has 12 heavy (non-hydrogen) atoms. The largest absolute Gasteiger partial charge is 0.464 e. The molecule has 0 aliphatic rings. The lowest BCUT2D eigenvalue weighted by molar-refractivity contribution is -0.141. The second-order valence-electron chi connectivity index (χ2n) is 2.08. The molecule has 0 N–H and O–H groups in total. The monoisotopic (exact) mass is 195 g/mol. The number of likely N-dealkylation sites (N-methyl/N-ethyl adjacent to an activating group) is 1. The van der Waals surface area contributed by atoms with Crippen LogP contribution in [0, 0.1) is 0 Å². The smallest absolute Gasteiger partial charge is 0.302 e. The molecule has 0 spiro atoms. The van der Waals surface area contributed by atoms with Crippen LogP contribution in [0.1, 0.15) is 6.92 Å². The zero-order chi connectivity index (χ0) is 9.56. The molecular weight excluding hydrogens is 182 g/mol. The fourth-order valence-corrected chi connectivity index (χ4v) is 0.998. The lowest BCUT2D eigenvalue weighted by Gasteiger charge is -2.12. The Hall–Kier alpha value is -0.460. The first-order valence-electron chi connectivity index (χ1n) is 3.38. The Morgan fingerprint density at radius 2 is 2.17 bits per heavy atom. The Morgan fingerprint density at radius 1 is 1.58 bits per heavy atom. The minimum atomic E-state index is -1.44. The van der Waals surface area contributed by atoms with Crippen molar-refractivity contribution in [2.45, 2.75) is 6.92 Å². The van der Waals surface area contributed by atoms with Crippen LogP contribution in [0.2, 0.25) is 0 Å². The van der Waals surface area contributed by atoms with E-state index >= 15 is 0 Å². The van der Waals surface area contributed by atoms with Gasteiger partial charge in [0.05, 0.1) is 7.11 Å². The summed E-state index contributed by atoms with van der Waals surface area (Å²) in [6.07, 6.45) is 0. The highest BCUT2D eigenvalue weighted by Gasteiger charge is 2.06. The lowest BCUT2D eigenvalue weighted by Crippen LogP contribution is -2.26. The molecule has 0 aromatic rings. The summed E-state index contributed by atoms with van der Waals surface area (Å²) in [5, 5.41) is 0.